The van der Waals surface area contributed by atoms with Crippen LogP contribution in [0.4, 0.5) is 0 Å². The third-order valence-corrected chi connectivity index (χ3v) is 4.31. The molecule has 2 rings (SSSR count). The van der Waals surface area contributed by atoms with Crippen LogP contribution in [0.25, 0.3) is 0 Å². The molecule has 0 atom stereocenters. The van der Waals surface area contributed by atoms with Crippen LogP contribution >= 0.6 is 0 Å². The molecule has 0 spiro atoms. The monoisotopic (exact) mass is 260 g/mol. The lowest BCUT2D eigenvalue weighted by Gasteiger charge is -2.38. The van der Waals surface area contributed by atoms with Crippen LogP contribution in [-0.2, 0) is 14.9 Å². The van der Waals surface area contributed by atoms with E-state index in [9.17, 15) is 4.79 Å². The van der Waals surface area contributed by atoms with Crippen molar-refractivity contribution in [3.8, 4) is 0 Å². The van der Waals surface area contributed by atoms with Crippen LogP contribution in [0.15, 0.2) is 30.3 Å². The van der Waals surface area contributed by atoms with Gasteiger partial charge in [-0.3, -0.25) is 4.79 Å². The SMILES string of the molecule is CCOC(=O)CCC1(c2ccccc2)CCCCC1. The van der Waals surface area contributed by atoms with Crippen molar-refractivity contribution in [1.82, 2.24) is 0 Å². The second-order valence-corrected chi connectivity index (χ2v) is 5.51. The van der Waals surface area contributed by atoms with Crippen LogP contribution < -0.4 is 0 Å². The maximum Gasteiger partial charge on any atom is 0.305 e. The first-order valence-electron chi connectivity index (χ1n) is 7.48. The van der Waals surface area contributed by atoms with E-state index in [2.05, 4.69) is 30.3 Å². The van der Waals surface area contributed by atoms with Gasteiger partial charge >= 0.3 is 5.97 Å². The summed E-state index contributed by atoms with van der Waals surface area (Å²) in [6, 6.07) is 10.7. The quantitative estimate of drug-likeness (QED) is 0.740. The highest BCUT2D eigenvalue weighted by atomic mass is 16.5. The molecule has 1 aliphatic rings. The normalized spacial score (nSPS) is 17.9. The van der Waals surface area contributed by atoms with Crippen LogP contribution in [0.2, 0.25) is 0 Å². The summed E-state index contributed by atoms with van der Waals surface area (Å²) in [5.41, 5.74) is 1.60. The highest BCUT2D eigenvalue weighted by Crippen LogP contribution is 2.42. The lowest BCUT2D eigenvalue weighted by molar-refractivity contribution is -0.143. The van der Waals surface area contributed by atoms with E-state index in [1.165, 1.54) is 37.7 Å². The fourth-order valence-corrected chi connectivity index (χ4v) is 3.28. The zero-order valence-electron chi connectivity index (χ0n) is 11.9. The Kier molecular flexibility index (Phi) is 5.00. The molecule has 0 bridgehead atoms. The molecule has 1 aliphatic carbocycles. The number of hydrogen-bond donors (Lipinski definition) is 0. The standard InChI is InChI=1S/C17H24O2/c1-2-19-16(18)11-14-17(12-7-4-8-13-17)15-9-5-3-6-10-15/h3,5-6,9-10H,2,4,7-8,11-14H2,1H3. The Morgan fingerprint density at radius 2 is 1.84 bits per heavy atom. The Bertz CT molecular complexity index is 391. The van der Waals surface area contributed by atoms with Crippen LogP contribution in [0.5, 0.6) is 0 Å². The summed E-state index contributed by atoms with van der Waals surface area (Å²) in [5, 5.41) is 0. The van der Waals surface area contributed by atoms with Gasteiger partial charge < -0.3 is 4.74 Å². The third kappa shape index (κ3) is 3.59. The van der Waals surface area contributed by atoms with Crippen molar-refractivity contribution >= 4 is 5.97 Å². The van der Waals surface area contributed by atoms with Gasteiger partial charge in [0.2, 0.25) is 0 Å². The Balaban J connectivity index is 2.09. The molecule has 1 saturated carbocycles. The summed E-state index contributed by atoms with van der Waals surface area (Å²) in [7, 11) is 0. The maximum absolute atomic E-state index is 11.6. The highest BCUT2D eigenvalue weighted by molar-refractivity contribution is 5.69. The van der Waals surface area contributed by atoms with Crippen molar-refractivity contribution in [2.24, 2.45) is 0 Å². The predicted octanol–water partition coefficient (Wildman–Crippen LogP) is 4.23. The first-order chi connectivity index (χ1) is 9.27. The second-order valence-electron chi connectivity index (χ2n) is 5.51. The van der Waals surface area contributed by atoms with Gasteiger partial charge in [0, 0.05) is 6.42 Å². The molecule has 2 heteroatoms. The minimum Gasteiger partial charge on any atom is -0.466 e. The molecular formula is C17H24O2. The van der Waals surface area contributed by atoms with E-state index in [1.807, 2.05) is 6.92 Å². The smallest absolute Gasteiger partial charge is 0.305 e. The molecule has 0 heterocycles. The van der Waals surface area contributed by atoms with E-state index in [0.717, 1.165) is 6.42 Å². The molecule has 2 nitrogen and oxygen atoms in total. The van der Waals surface area contributed by atoms with Crippen molar-refractivity contribution < 1.29 is 9.53 Å². The number of rotatable bonds is 5. The van der Waals surface area contributed by atoms with Crippen LogP contribution in [-0.4, -0.2) is 12.6 Å². The molecule has 1 fully saturated rings. The molecule has 104 valence electrons. The van der Waals surface area contributed by atoms with E-state index in [1.54, 1.807) is 0 Å². The number of carbonyl (C=O) groups is 1. The van der Waals surface area contributed by atoms with Gasteiger partial charge in [0.15, 0.2) is 0 Å². The van der Waals surface area contributed by atoms with Crippen LogP contribution in [0.3, 0.4) is 0 Å². The topological polar surface area (TPSA) is 26.3 Å². The van der Waals surface area contributed by atoms with Gasteiger partial charge in [-0.2, -0.15) is 0 Å². The van der Waals surface area contributed by atoms with Crippen molar-refractivity contribution in [1.29, 1.82) is 0 Å². The van der Waals surface area contributed by atoms with Crippen molar-refractivity contribution in [3.63, 3.8) is 0 Å². The summed E-state index contributed by atoms with van der Waals surface area (Å²) in [4.78, 5) is 11.6. The summed E-state index contributed by atoms with van der Waals surface area (Å²) >= 11 is 0. The molecule has 0 aromatic heterocycles. The number of carbonyl (C=O) groups excluding carboxylic acids is 1. The average Bonchev–Trinajstić information content (AvgIpc) is 2.47. The number of ether oxygens (including phenoxy) is 1. The molecule has 0 amide bonds. The molecule has 0 N–H and O–H groups in total. The van der Waals surface area contributed by atoms with E-state index < -0.39 is 0 Å². The molecule has 0 radical (unpaired) electrons. The van der Waals surface area contributed by atoms with E-state index in [-0.39, 0.29) is 11.4 Å². The summed E-state index contributed by atoms with van der Waals surface area (Å²) in [5.74, 6) is -0.0524. The molecule has 0 aliphatic heterocycles. The molecule has 1 aromatic rings. The fraction of sp³-hybridized carbons (Fsp3) is 0.588. The van der Waals surface area contributed by atoms with Gasteiger partial charge in [0.25, 0.3) is 0 Å². The lowest BCUT2D eigenvalue weighted by atomic mass is 9.67. The van der Waals surface area contributed by atoms with Crippen LogP contribution in [0.1, 0.15) is 57.4 Å². The van der Waals surface area contributed by atoms with E-state index in [0.29, 0.717) is 13.0 Å². The third-order valence-electron chi connectivity index (χ3n) is 4.31. The van der Waals surface area contributed by atoms with Gasteiger partial charge in [-0.1, -0.05) is 49.6 Å². The van der Waals surface area contributed by atoms with Crippen molar-refractivity contribution in [3.05, 3.63) is 35.9 Å². The number of esters is 1. The molecule has 0 unspecified atom stereocenters. The van der Waals surface area contributed by atoms with Gasteiger partial charge in [0.05, 0.1) is 6.61 Å². The minimum absolute atomic E-state index is 0.0524. The molecule has 19 heavy (non-hydrogen) atoms. The Labute approximate surface area is 116 Å². The molecule has 0 saturated heterocycles. The van der Waals surface area contributed by atoms with Crippen molar-refractivity contribution in [2.45, 2.75) is 57.3 Å². The van der Waals surface area contributed by atoms with E-state index in [4.69, 9.17) is 4.74 Å². The van der Waals surface area contributed by atoms with Crippen molar-refractivity contribution in [2.75, 3.05) is 6.61 Å². The average molecular weight is 260 g/mol. The summed E-state index contributed by atoms with van der Waals surface area (Å²) < 4.78 is 5.07. The zero-order valence-corrected chi connectivity index (χ0v) is 11.9. The minimum atomic E-state index is -0.0524. The Morgan fingerprint density at radius 1 is 1.16 bits per heavy atom. The summed E-state index contributed by atoms with van der Waals surface area (Å²) in [6.07, 6.45) is 7.76. The largest absolute Gasteiger partial charge is 0.466 e. The fourth-order valence-electron chi connectivity index (χ4n) is 3.28. The van der Waals surface area contributed by atoms with Gasteiger partial charge in [-0.05, 0) is 37.2 Å². The highest BCUT2D eigenvalue weighted by Gasteiger charge is 2.34. The maximum atomic E-state index is 11.6. The molecular weight excluding hydrogens is 236 g/mol. The molecule has 1 aromatic carbocycles. The zero-order chi connectivity index (χ0) is 13.6. The second kappa shape index (κ2) is 6.74. The number of hydrogen-bond acceptors (Lipinski definition) is 2. The lowest BCUT2D eigenvalue weighted by Crippen LogP contribution is -2.30. The first-order valence-corrected chi connectivity index (χ1v) is 7.48. The van der Waals surface area contributed by atoms with Gasteiger partial charge in [0.1, 0.15) is 0 Å². The predicted molar refractivity (Wildman–Crippen MR) is 77.1 cm³/mol. The van der Waals surface area contributed by atoms with E-state index >= 15 is 0 Å². The van der Waals surface area contributed by atoms with Gasteiger partial charge in [-0.25, -0.2) is 0 Å². The first kappa shape index (κ1) is 14.1. The van der Waals surface area contributed by atoms with Gasteiger partial charge in [-0.15, -0.1) is 0 Å². The Hall–Kier alpha value is -1.31. The Morgan fingerprint density at radius 3 is 2.47 bits per heavy atom. The number of benzene rings is 1. The summed E-state index contributed by atoms with van der Waals surface area (Å²) in [6.45, 7) is 2.35. The van der Waals surface area contributed by atoms with Crippen LogP contribution in [0, 0.1) is 0 Å².